The number of carbonyl (C=O) groups excluding carboxylic acids is 2. The predicted molar refractivity (Wildman–Crippen MR) is 135 cm³/mol. The van der Waals surface area contributed by atoms with Crippen molar-refractivity contribution in [2.45, 2.75) is 11.6 Å². The molecule has 6 rings (SSSR count). The molecule has 2 amide bonds. The number of rotatable bonds is 5. The van der Waals surface area contributed by atoms with Crippen LogP contribution in [0.4, 0.5) is 5.69 Å². The average molecular weight is 479 g/mol. The summed E-state index contributed by atoms with van der Waals surface area (Å²) in [6, 6.07) is 22.6. The van der Waals surface area contributed by atoms with E-state index in [0.717, 1.165) is 0 Å². The van der Waals surface area contributed by atoms with Crippen LogP contribution >= 0.6 is 0 Å². The number of benzene rings is 3. The second-order valence-corrected chi connectivity index (χ2v) is 8.91. The van der Waals surface area contributed by atoms with E-state index in [1.165, 1.54) is 9.80 Å². The standard InChI is InChI=1S/C29H22N2O5/c1-2-16-30-21-14-8-7-13-20(21)29(28(30)35)24-25(33)19-12-6-9-15-23(19)36-26(24)27(34)31(29)17-22(32)18-10-4-3-5-11-18/h2-15,22,32H,1,16-17H2. The molecule has 3 heterocycles. The SMILES string of the molecule is C=CCN1C(=O)C2(c3ccccc31)c1c(oc3ccccc3c1=O)C(=O)N2CC(O)c1ccccc1. The molecule has 7 heteroatoms. The van der Waals surface area contributed by atoms with Crippen LogP contribution in [0.2, 0.25) is 0 Å². The second kappa shape index (κ2) is 8.03. The summed E-state index contributed by atoms with van der Waals surface area (Å²) in [5, 5.41) is 11.4. The van der Waals surface area contributed by atoms with Crippen molar-refractivity contribution < 1.29 is 19.1 Å². The molecule has 0 saturated heterocycles. The van der Waals surface area contributed by atoms with Crippen LogP contribution in [0, 0.1) is 0 Å². The summed E-state index contributed by atoms with van der Waals surface area (Å²) in [5.41, 5.74) is -0.316. The molecule has 0 saturated carbocycles. The minimum atomic E-state index is -1.77. The van der Waals surface area contributed by atoms with Gasteiger partial charge in [0.25, 0.3) is 11.8 Å². The summed E-state index contributed by atoms with van der Waals surface area (Å²) in [4.78, 5) is 45.0. The molecular weight excluding hydrogens is 456 g/mol. The summed E-state index contributed by atoms with van der Waals surface area (Å²) in [5.74, 6) is -1.26. The molecule has 0 bridgehead atoms. The molecular formula is C29H22N2O5. The lowest BCUT2D eigenvalue weighted by Gasteiger charge is -2.35. The maximum absolute atomic E-state index is 14.3. The van der Waals surface area contributed by atoms with Gasteiger partial charge in [0.05, 0.1) is 29.3 Å². The molecule has 2 unspecified atom stereocenters. The molecule has 2 atom stereocenters. The molecule has 2 aliphatic heterocycles. The molecule has 1 N–H and O–H groups in total. The number of hydrogen-bond acceptors (Lipinski definition) is 5. The Labute approximate surface area is 206 Å². The number of carbonyl (C=O) groups is 2. The Balaban J connectivity index is 1.66. The summed E-state index contributed by atoms with van der Waals surface area (Å²) >= 11 is 0. The van der Waals surface area contributed by atoms with E-state index >= 15 is 0 Å². The highest BCUT2D eigenvalue weighted by Gasteiger charge is 2.65. The lowest BCUT2D eigenvalue weighted by molar-refractivity contribution is -0.126. The van der Waals surface area contributed by atoms with Crippen molar-refractivity contribution in [3.63, 3.8) is 0 Å². The van der Waals surface area contributed by atoms with E-state index in [9.17, 15) is 19.5 Å². The lowest BCUT2D eigenvalue weighted by atomic mass is 9.83. The first kappa shape index (κ1) is 22.0. The average Bonchev–Trinajstić information content (AvgIpc) is 3.30. The number of nitrogens with zero attached hydrogens (tertiary/aromatic N) is 2. The third kappa shape index (κ3) is 2.80. The van der Waals surface area contributed by atoms with Crippen molar-refractivity contribution in [2.75, 3.05) is 18.0 Å². The van der Waals surface area contributed by atoms with E-state index in [0.29, 0.717) is 16.8 Å². The van der Waals surface area contributed by atoms with Gasteiger partial charge in [-0.1, -0.05) is 66.7 Å². The van der Waals surface area contributed by atoms with Gasteiger partial charge >= 0.3 is 0 Å². The van der Waals surface area contributed by atoms with Gasteiger partial charge in [0.1, 0.15) is 5.58 Å². The molecule has 3 aromatic carbocycles. The van der Waals surface area contributed by atoms with Gasteiger partial charge in [-0.3, -0.25) is 14.4 Å². The van der Waals surface area contributed by atoms with E-state index in [-0.39, 0.29) is 35.4 Å². The number of aliphatic hydroxyl groups excluding tert-OH is 1. The van der Waals surface area contributed by atoms with Crippen LogP contribution in [0.3, 0.4) is 0 Å². The first-order chi connectivity index (χ1) is 17.5. The molecule has 36 heavy (non-hydrogen) atoms. The number of anilines is 1. The molecule has 7 nitrogen and oxygen atoms in total. The molecule has 1 spiro atoms. The van der Waals surface area contributed by atoms with Crippen LogP contribution in [-0.4, -0.2) is 34.9 Å². The Morgan fingerprint density at radius 3 is 2.42 bits per heavy atom. The van der Waals surface area contributed by atoms with Crippen molar-refractivity contribution in [1.82, 2.24) is 4.90 Å². The van der Waals surface area contributed by atoms with Crippen molar-refractivity contribution in [3.8, 4) is 0 Å². The Hall–Kier alpha value is -4.49. The Bertz CT molecular complexity index is 1610. The number of aliphatic hydroxyl groups is 1. The summed E-state index contributed by atoms with van der Waals surface area (Å²) < 4.78 is 6.00. The van der Waals surface area contributed by atoms with E-state index in [1.54, 1.807) is 78.9 Å². The molecule has 2 aliphatic rings. The van der Waals surface area contributed by atoms with Gasteiger partial charge in [0, 0.05) is 12.1 Å². The highest BCUT2D eigenvalue weighted by atomic mass is 16.3. The highest BCUT2D eigenvalue weighted by molar-refractivity contribution is 6.17. The van der Waals surface area contributed by atoms with Crippen molar-refractivity contribution >= 4 is 28.5 Å². The normalized spacial score (nSPS) is 19.1. The quantitative estimate of drug-likeness (QED) is 0.441. The van der Waals surface area contributed by atoms with Gasteiger partial charge < -0.3 is 19.3 Å². The fourth-order valence-corrected chi connectivity index (χ4v) is 5.45. The fourth-order valence-electron chi connectivity index (χ4n) is 5.45. The number of β-amino-alcohol motifs (C(OH)–C–C–N with tert-alkyl or cyclic N) is 1. The van der Waals surface area contributed by atoms with Crippen LogP contribution in [0.5, 0.6) is 0 Å². The smallest absolute Gasteiger partial charge is 0.291 e. The third-order valence-electron chi connectivity index (χ3n) is 6.99. The molecule has 4 aromatic rings. The van der Waals surface area contributed by atoms with Crippen molar-refractivity contribution in [2.24, 2.45) is 0 Å². The third-order valence-corrected chi connectivity index (χ3v) is 6.99. The second-order valence-electron chi connectivity index (χ2n) is 8.91. The predicted octanol–water partition coefficient (Wildman–Crippen LogP) is 3.76. The summed E-state index contributed by atoms with van der Waals surface area (Å²) in [6.45, 7) is 3.75. The van der Waals surface area contributed by atoms with Gasteiger partial charge in [-0.2, -0.15) is 0 Å². The first-order valence-electron chi connectivity index (χ1n) is 11.6. The first-order valence-corrected chi connectivity index (χ1v) is 11.6. The van der Waals surface area contributed by atoms with E-state index in [2.05, 4.69) is 6.58 Å². The fraction of sp³-hybridized carbons (Fsp3) is 0.138. The summed E-state index contributed by atoms with van der Waals surface area (Å²) in [7, 11) is 0. The zero-order valence-electron chi connectivity index (χ0n) is 19.3. The van der Waals surface area contributed by atoms with Crippen LogP contribution < -0.4 is 10.3 Å². The molecule has 0 fully saturated rings. The van der Waals surface area contributed by atoms with Gasteiger partial charge in [0.2, 0.25) is 5.76 Å². The Kier molecular flexibility index (Phi) is 4.91. The van der Waals surface area contributed by atoms with E-state index < -0.39 is 28.9 Å². The van der Waals surface area contributed by atoms with Crippen molar-refractivity contribution in [3.05, 3.63) is 124 Å². The van der Waals surface area contributed by atoms with E-state index in [4.69, 9.17) is 4.42 Å². The van der Waals surface area contributed by atoms with Crippen LogP contribution in [0.1, 0.15) is 33.3 Å². The van der Waals surface area contributed by atoms with Crippen LogP contribution in [-0.2, 0) is 10.3 Å². The monoisotopic (exact) mass is 478 g/mol. The Morgan fingerprint density at radius 2 is 1.64 bits per heavy atom. The van der Waals surface area contributed by atoms with Crippen molar-refractivity contribution in [1.29, 1.82) is 0 Å². The van der Waals surface area contributed by atoms with Gasteiger partial charge in [0.15, 0.2) is 11.0 Å². The number of amides is 2. The highest BCUT2D eigenvalue weighted by Crippen LogP contribution is 2.52. The maximum atomic E-state index is 14.3. The number of hydrogen-bond donors (Lipinski definition) is 1. The van der Waals surface area contributed by atoms with Crippen LogP contribution in [0.25, 0.3) is 11.0 Å². The minimum Gasteiger partial charge on any atom is -0.450 e. The van der Waals surface area contributed by atoms with Gasteiger partial charge in [-0.15, -0.1) is 6.58 Å². The lowest BCUT2D eigenvalue weighted by Crippen LogP contribution is -2.54. The van der Waals surface area contributed by atoms with Crippen LogP contribution in [0.15, 0.2) is 101 Å². The number of fused-ring (bicyclic) bond motifs is 5. The zero-order chi connectivity index (χ0) is 25.0. The minimum absolute atomic E-state index is 0.0181. The van der Waals surface area contributed by atoms with E-state index in [1.807, 2.05) is 6.07 Å². The van der Waals surface area contributed by atoms with Gasteiger partial charge in [-0.25, -0.2) is 0 Å². The zero-order valence-corrected chi connectivity index (χ0v) is 19.3. The molecule has 1 aromatic heterocycles. The summed E-state index contributed by atoms with van der Waals surface area (Å²) in [6.07, 6.45) is 0.497. The number of para-hydroxylation sites is 2. The molecule has 178 valence electrons. The maximum Gasteiger partial charge on any atom is 0.291 e. The Morgan fingerprint density at radius 1 is 0.944 bits per heavy atom. The van der Waals surface area contributed by atoms with Gasteiger partial charge in [-0.05, 0) is 23.8 Å². The topological polar surface area (TPSA) is 91.1 Å². The molecule has 0 aliphatic carbocycles. The molecule has 0 radical (unpaired) electrons. The largest absolute Gasteiger partial charge is 0.450 e.